The highest BCUT2D eigenvalue weighted by Gasteiger charge is 2.29. The number of hydrogen-bond donors (Lipinski definition) is 2. The molecule has 0 saturated carbocycles. The van der Waals surface area contributed by atoms with E-state index in [1.165, 1.54) is 31.2 Å². The van der Waals surface area contributed by atoms with Gasteiger partial charge in [0.1, 0.15) is 0 Å². The van der Waals surface area contributed by atoms with Gasteiger partial charge in [-0.25, -0.2) is 0 Å². The fraction of sp³-hybridized carbons (Fsp3) is 0.625. The maximum absolute atomic E-state index is 3.68. The quantitative estimate of drug-likeness (QED) is 0.853. The van der Waals surface area contributed by atoms with Crippen molar-refractivity contribution in [1.29, 1.82) is 0 Å². The molecule has 18 heavy (non-hydrogen) atoms. The summed E-state index contributed by atoms with van der Waals surface area (Å²) in [6, 6.07) is 7.65. The van der Waals surface area contributed by atoms with Crippen molar-refractivity contribution in [3.8, 4) is 0 Å². The number of aryl methyl sites for hydroxylation is 2. The van der Waals surface area contributed by atoms with E-state index in [4.69, 9.17) is 0 Å². The van der Waals surface area contributed by atoms with Crippen LogP contribution in [0.2, 0.25) is 0 Å². The number of rotatable bonds is 3. The SMILES string of the molecule is CC1(C)CC(NCc2ccc3c(c2)CCC3)CN1. The molecule has 2 nitrogen and oxygen atoms in total. The molecule has 1 aromatic rings. The van der Waals surface area contributed by atoms with E-state index in [2.05, 4.69) is 42.7 Å². The first-order valence-electron chi connectivity index (χ1n) is 7.21. The summed E-state index contributed by atoms with van der Waals surface area (Å²) in [5.41, 5.74) is 4.90. The van der Waals surface area contributed by atoms with Gasteiger partial charge in [-0.3, -0.25) is 0 Å². The Morgan fingerprint density at radius 2 is 2.11 bits per heavy atom. The smallest absolute Gasteiger partial charge is 0.0213 e. The molecule has 1 aliphatic heterocycles. The number of hydrogen-bond acceptors (Lipinski definition) is 2. The third-order valence-electron chi connectivity index (χ3n) is 4.34. The zero-order chi connectivity index (χ0) is 12.6. The fourth-order valence-electron chi connectivity index (χ4n) is 3.30. The van der Waals surface area contributed by atoms with E-state index in [1.54, 1.807) is 11.1 Å². The molecule has 1 heterocycles. The summed E-state index contributed by atoms with van der Waals surface area (Å²) < 4.78 is 0. The van der Waals surface area contributed by atoms with Crippen LogP contribution in [0.25, 0.3) is 0 Å². The van der Waals surface area contributed by atoms with E-state index in [1.807, 2.05) is 0 Å². The molecule has 1 atom stereocenters. The van der Waals surface area contributed by atoms with Gasteiger partial charge in [0.25, 0.3) is 0 Å². The second kappa shape index (κ2) is 4.67. The van der Waals surface area contributed by atoms with Gasteiger partial charge in [-0.2, -0.15) is 0 Å². The minimum absolute atomic E-state index is 0.301. The standard InChI is InChI=1S/C16H24N2/c1-16(2)9-15(11-18-16)17-10-12-6-7-13-4-3-5-14(13)8-12/h6-8,15,17-18H,3-5,9-11H2,1-2H3. The van der Waals surface area contributed by atoms with Crippen molar-refractivity contribution in [2.45, 2.75) is 57.7 Å². The topological polar surface area (TPSA) is 24.1 Å². The van der Waals surface area contributed by atoms with Crippen LogP contribution in [-0.2, 0) is 19.4 Å². The van der Waals surface area contributed by atoms with E-state index < -0.39 is 0 Å². The van der Waals surface area contributed by atoms with Gasteiger partial charge < -0.3 is 10.6 Å². The normalized spacial score (nSPS) is 25.3. The van der Waals surface area contributed by atoms with Gasteiger partial charge in [0.2, 0.25) is 0 Å². The maximum Gasteiger partial charge on any atom is 0.0213 e. The van der Waals surface area contributed by atoms with Gasteiger partial charge in [-0.1, -0.05) is 18.2 Å². The monoisotopic (exact) mass is 244 g/mol. The molecule has 1 aliphatic carbocycles. The van der Waals surface area contributed by atoms with Crippen LogP contribution in [0.3, 0.4) is 0 Å². The Bertz CT molecular complexity index is 437. The summed E-state index contributed by atoms with van der Waals surface area (Å²) in [6.07, 6.45) is 5.12. The lowest BCUT2D eigenvalue weighted by molar-refractivity contribution is 0.442. The Kier molecular flexibility index (Phi) is 3.16. The fourth-order valence-corrected chi connectivity index (χ4v) is 3.30. The molecule has 0 bridgehead atoms. The van der Waals surface area contributed by atoms with Crippen LogP contribution in [0.15, 0.2) is 18.2 Å². The van der Waals surface area contributed by atoms with E-state index >= 15 is 0 Å². The summed E-state index contributed by atoms with van der Waals surface area (Å²) in [4.78, 5) is 0. The highest BCUT2D eigenvalue weighted by atomic mass is 15.1. The molecule has 0 aromatic heterocycles. The molecule has 1 unspecified atom stereocenters. The molecule has 98 valence electrons. The van der Waals surface area contributed by atoms with Crippen molar-refractivity contribution >= 4 is 0 Å². The molecule has 1 fully saturated rings. The van der Waals surface area contributed by atoms with Crippen LogP contribution in [-0.4, -0.2) is 18.1 Å². The van der Waals surface area contributed by atoms with Crippen LogP contribution >= 0.6 is 0 Å². The van der Waals surface area contributed by atoms with E-state index in [0.29, 0.717) is 11.6 Å². The van der Waals surface area contributed by atoms with Gasteiger partial charge in [0, 0.05) is 24.7 Å². The zero-order valence-corrected chi connectivity index (χ0v) is 11.6. The van der Waals surface area contributed by atoms with E-state index in [-0.39, 0.29) is 0 Å². The van der Waals surface area contributed by atoms with E-state index in [0.717, 1.165) is 13.1 Å². The Labute approximate surface area is 110 Å². The average molecular weight is 244 g/mol. The second-order valence-corrected chi connectivity index (χ2v) is 6.50. The molecule has 0 amide bonds. The lowest BCUT2D eigenvalue weighted by Crippen LogP contribution is -2.31. The van der Waals surface area contributed by atoms with Crippen LogP contribution < -0.4 is 10.6 Å². The molecule has 2 heteroatoms. The van der Waals surface area contributed by atoms with Gasteiger partial charge in [-0.05, 0) is 56.2 Å². The van der Waals surface area contributed by atoms with Gasteiger partial charge in [0.15, 0.2) is 0 Å². The summed E-state index contributed by atoms with van der Waals surface area (Å²) in [7, 11) is 0. The maximum atomic E-state index is 3.68. The minimum Gasteiger partial charge on any atom is -0.310 e. The first kappa shape index (κ1) is 12.2. The number of fused-ring (bicyclic) bond motifs is 1. The van der Waals surface area contributed by atoms with Crippen molar-refractivity contribution < 1.29 is 0 Å². The molecule has 0 radical (unpaired) electrons. The van der Waals surface area contributed by atoms with Crippen molar-refractivity contribution in [1.82, 2.24) is 10.6 Å². The molecule has 2 aliphatic rings. The van der Waals surface area contributed by atoms with Crippen LogP contribution in [0, 0.1) is 0 Å². The predicted molar refractivity (Wildman–Crippen MR) is 75.8 cm³/mol. The first-order valence-corrected chi connectivity index (χ1v) is 7.21. The molecule has 2 N–H and O–H groups in total. The molecular weight excluding hydrogens is 220 g/mol. The first-order chi connectivity index (χ1) is 8.62. The summed E-state index contributed by atoms with van der Waals surface area (Å²) in [5, 5.41) is 7.24. The summed E-state index contributed by atoms with van der Waals surface area (Å²) in [5.74, 6) is 0. The molecule has 0 spiro atoms. The summed E-state index contributed by atoms with van der Waals surface area (Å²) in [6.45, 7) is 6.67. The molecule has 1 saturated heterocycles. The second-order valence-electron chi connectivity index (χ2n) is 6.50. The third-order valence-corrected chi connectivity index (χ3v) is 4.34. The molecular formula is C16H24N2. The Morgan fingerprint density at radius 3 is 2.89 bits per heavy atom. The van der Waals surface area contributed by atoms with Crippen molar-refractivity contribution in [2.75, 3.05) is 6.54 Å². The predicted octanol–water partition coefficient (Wildman–Crippen LogP) is 2.41. The van der Waals surface area contributed by atoms with Crippen molar-refractivity contribution in [3.63, 3.8) is 0 Å². The van der Waals surface area contributed by atoms with Crippen molar-refractivity contribution in [2.24, 2.45) is 0 Å². The van der Waals surface area contributed by atoms with Crippen LogP contribution in [0.5, 0.6) is 0 Å². The number of benzene rings is 1. The molecule has 3 rings (SSSR count). The van der Waals surface area contributed by atoms with Gasteiger partial charge in [0.05, 0.1) is 0 Å². The Morgan fingerprint density at radius 1 is 1.28 bits per heavy atom. The highest BCUT2D eigenvalue weighted by molar-refractivity contribution is 5.35. The average Bonchev–Trinajstić information content (AvgIpc) is 2.92. The highest BCUT2D eigenvalue weighted by Crippen LogP contribution is 2.23. The number of nitrogens with one attached hydrogen (secondary N) is 2. The zero-order valence-electron chi connectivity index (χ0n) is 11.6. The largest absolute Gasteiger partial charge is 0.310 e. The lowest BCUT2D eigenvalue weighted by atomic mass is 10.0. The Balaban J connectivity index is 1.57. The van der Waals surface area contributed by atoms with Gasteiger partial charge in [-0.15, -0.1) is 0 Å². The van der Waals surface area contributed by atoms with E-state index in [9.17, 15) is 0 Å². The van der Waals surface area contributed by atoms with Gasteiger partial charge >= 0.3 is 0 Å². The minimum atomic E-state index is 0.301. The van der Waals surface area contributed by atoms with Crippen LogP contribution in [0.1, 0.15) is 43.4 Å². The van der Waals surface area contributed by atoms with Crippen LogP contribution in [0.4, 0.5) is 0 Å². The van der Waals surface area contributed by atoms with Crippen molar-refractivity contribution in [3.05, 3.63) is 34.9 Å². The Hall–Kier alpha value is -0.860. The molecule has 1 aromatic carbocycles. The third kappa shape index (κ3) is 2.60. The summed E-state index contributed by atoms with van der Waals surface area (Å²) >= 11 is 0. The lowest BCUT2D eigenvalue weighted by Gasteiger charge is -2.17.